The highest BCUT2D eigenvalue weighted by Gasteiger charge is 2.39. The third kappa shape index (κ3) is 6.33. The Kier molecular flexibility index (Phi) is 7.82. The molecule has 0 spiro atoms. The molecule has 218 valence electrons. The zero-order valence-corrected chi connectivity index (χ0v) is 20.4. The average Bonchev–Trinajstić information content (AvgIpc) is 2.85. The number of rotatable bonds is 7. The lowest BCUT2D eigenvalue weighted by molar-refractivity contribution is -0.140. The number of aromatic amines is 1. The molecule has 0 bridgehead atoms. The van der Waals surface area contributed by atoms with Gasteiger partial charge in [-0.3, -0.25) is 9.59 Å². The molecule has 4 rings (SSSR count). The summed E-state index contributed by atoms with van der Waals surface area (Å²) < 4.78 is 128. The van der Waals surface area contributed by atoms with E-state index in [4.69, 9.17) is 4.74 Å². The lowest BCUT2D eigenvalue weighted by atomic mass is 10.1. The molecule has 0 saturated heterocycles. The maximum absolute atomic E-state index is 14.9. The maximum Gasteiger partial charge on any atom is 0.425 e. The molecule has 1 aromatic carbocycles. The second-order valence-corrected chi connectivity index (χ2v) is 8.80. The number of ether oxygens (including phenoxy) is 1. The van der Waals surface area contributed by atoms with Crippen LogP contribution in [0.15, 0.2) is 46.5 Å². The van der Waals surface area contributed by atoms with E-state index in [0.29, 0.717) is 35.4 Å². The zero-order chi connectivity index (χ0) is 30.3. The number of pyridine rings is 1. The normalized spacial score (nSPS) is 13.8. The van der Waals surface area contributed by atoms with Gasteiger partial charge in [0.15, 0.2) is 17.1 Å². The van der Waals surface area contributed by atoms with Gasteiger partial charge >= 0.3 is 12.4 Å². The Morgan fingerprint density at radius 1 is 0.951 bits per heavy atom. The molecule has 0 unspecified atom stereocenters. The molecule has 41 heavy (non-hydrogen) atoms. The van der Waals surface area contributed by atoms with E-state index in [-0.39, 0.29) is 0 Å². The van der Waals surface area contributed by atoms with E-state index in [2.05, 4.69) is 15.1 Å². The molecule has 4 aromatic rings. The molecule has 0 aliphatic carbocycles. The van der Waals surface area contributed by atoms with Crippen LogP contribution in [-0.4, -0.2) is 37.0 Å². The van der Waals surface area contributed by atoms with E-state index in [1.165, 1.54) is 6.92 Å². The monoisotopic (exact) mass is 593 g/mol. The number of halogens is 9. The van der Waals surface area contributed by atoms with Crippen molar-refractivity contribution in [3.05, 3.63) is 80.4 Å². The van der Waals surface area contributed by atoms with E-state index >= 15 is 0 Å². The van der Waals surface area contributed by atoms with E-state index in [1.807, 2.05) is 0 Å². The van der Waals surface area contributed by atoms with Crippen LogP contribution in [0.4, 0.5) is 39.5 Å². The minimum atomic E-state index is -5.09. The molecule has 3 aromatic heterocycles. The Hall–Kier alpha value is -4.44. The molecule has 0 aliphatic rings. The van der Waals surface area contributed by atoms with Crippen LogP contribution in [0.1, 0.15) is 24.5 Å². The second kappa shape index (κ2) is 10.9. The number of nitrogens with one attached hydrogen (secondary N) is 1. The largest absolute Gasteiger partial charge is 0.488 e. The van der Waals surface area contributed by atoms with Gasteiger partial charge in [0.05, 0.1) is 35.4 Å². The van der Waals surface area contributed by atoms with Gasteiger partial charge in [0, 0.05) is 30.4 Å². The summed E-state index contributed by atoms with van der Waals surface area (Å²) >= 11 is 0. The molecule has 2 atom stereocenters. The lowest BCUT2D eigenvalue weighted by Crippen LogP contribution is -2.29. The first-order chi connectivity index (χ1) is 19.1. The third-order valence-electron chi connectivity index (χ3n) is 5.76. The first-order valence-corrected chi connectivity index (χ1v) is 11.4. The molecule has 0 fully saturated rings. The van der Waals surface area contributed by atoms with Crippen molar-refractivity contribution in [1.29, 1.82) is 0 Å². The Morgan fingerprint density at radius 3 is 2.22 bits per heavy atom. The fourth-order valence-electron chi connectivity index (χ4n) is 3.94. The van der Waals surface area contributed by atoms with E-state index in [1.54, 1.807) is 5.10 Å². The summed E-state index contributed by atoms with van der Waals surface area (Å²) in [4.78, 5) is 31.3. The van der Waals surface area contributed by atoms with Gasteiger partial charge in [-0.05, 0) is 19.1 Å². The van der Waals surface area contributed by atoms with Crippen molar-refractivity contribution in [1.82, 2.24) is 24.7 Å². The van der Waals surface area contributed by atoms with Crippen molar-refractivity contribution >= 4 is 10.8 Å². The topological polar surface area (TPSA) is 103 Å². The van der Waals surface area contributed by atoms with Gasteiger partial charge in [0.25, 0.3) is 11.1 Å². The van der Waals surface area contributed by atoms with Gasteiger partial charge in [0.2, 0.25) is 0 Å². The van der Waals surface area contributed by atoms with E-state index in [0.717, 1.165) is 6.07 Å². The fraction of sp³-hybridized carbons (Fsp3) is 0.292. The molecular formula is C24H16F9N5O3. The predicted molar refractivity (Wildman–Crippen MR) is 124 cm³/mol. The van der Waals surface area contributed by atoms with Crippen LogP contribution in [0, 0.1) is 11.6 Å². The summed E-state index contributed by atoms with van der Waals surface area (Å²) in [5, 5.41) is 3.87. The van der Waals surface area contributed by atoms with Crippen LogP contribution in [0.3, 0.4) is 0 Å². The van der Waals surface area contributed by atoms with Crippen LogP contribution in [0.25, 0.3) is 22.2 Å². The first kappa shape index (κ1) is 29.5. The average molecular weight is 593 g/mol. The molecule has 17 heteroatoms. The summed E-state index contributed by atoms with van der Waals surface area (Å²) in [7, 11) is 0. The summed E-state index contributed by atoms with van der Waals surface area (Å²) in [6.07, 6.45) is -11.7. The van der Waals surface area contributed by atoms with Crippen LogP contribution in [0.5, 0.6) is 5.75 Å². The standard InChI is InChI=1S/C24H16F9N5O3/c1-10(41-18-7-36-37-21(39)19(18)24(31,32)33)2-12(25)8-38-9-17(27)13-3-15(16(26)4-14(13)22(38)40)20-34-5-11(6-35-20)23(28,29)30/h3-7,9-10,12H,2,8H2,1H3,(H,37,39)/t10-,12+/m1/s1. The summed E-state index contributed by atoms with van der Waals surface area (Å²) in [5.74, 6) is -3.74. The molecule has 1 N–H and O–H groups in total. The van der Waals surface area contributed by atoms with Crippen LogP contribution in [0.2, 0.25) is 0 Å². The molecule has 0 radical (unpaired) electrons. The molecule has 0 saturated carbocycles. The number of hydrogen-bond acceptors (Lipinski definition) is 6. The Bertz CT molecular complexity index is 1700. The maximum atomic E-state index is 14.9. The van der Waals surface area contributed by atoms with Gasteiger partial charge in [0.1, 0.15) is 17.8 Å². The second-order valence-electron chi connectivity index (χ2n) is 8.80. The van der Waals surface area contributed by atoms with Gasteiger partial charge in [-0.25, -0.2) is 28.2 Å². The predicted octanol–water partition coefficient (Wildman–Crippen LogP) is 5.05. The van der Waals surface area contributed by atoms with Crippen LogP contribution >= 0.6 is 0 Å². The van der Waals surface area contributed by atoms with E-state index in [9.17, 15) is 49.1 Å². The SMILES string of the molecule is C[C@H](C[C@H](F)Cn1cc(F)c2cc(-c3ncc(C(F)(F)F)cn3)c(F)cc2c1=O)Oc1cn[nH]c(=O)c1C(F)(F)F. The van der Waals surface area contributed by atoms with Crippen LogP contribution < -0.4 is 15.9 Å². The number of alkyl halides is 7. The van der Waals surface area contributed by atoms with Crippen molar-refractivity contribution in [3.8, 4) is 17.1 Å². The highest BCUT2D eigenvalue weighted by Crippen LogP contribution is 2.34. The Labute approximate surface area is 222 Å². The zero-order valence-electron chi connectivity index (χ0n) is 20.4. The quantitative estimate of drug-likeness (QED) is 0.301. The number of aromatic nitrogens is 5. The third-order valence-corrected chi connectivity index (χ3v) is 5.76. The summed E-state index contributed by atoms with van der Waals surface area (Å²) in [6.45, 7) is 0.391. The smallest absolute Gasteiger partial charge is 0.425 e. The fourth-order valence-corrected chi connectivity index (χ4v) is 3.94. The molecule has 3 heterocycles. The number of hydrogen-bond donors (Lipinski definition) is 1. The van der Waals surface area contributed by atoms with Crippen molar-refractivity contribution < 1.29 is 44.3 Å². The Morgan fingerprint density at radius 2 is 1.61 bits per heavy atom. The minimum absolute atomic E-state index is 0.405. The first-order valence-electron chi connectivity index (χ1n) is 11.4. The summed E-state index contributed by atoms with van der Waals surface area (Å²) in [6, 6.07) is 1.43. The van der Waals surface area contributed by atoms with E-state index < -0.39 is 99.4 Å². The van der Waals surface area contributed by atoms with Gasteiger partial charge in [-0.1, -0.05) is 0 Å². The van der Waals surface area contributed by atoms with Crippen molar-refractivity contribution in [3.63, 3.8) is 0 Å². The van der Waals surface area contributed by atoms with Gasteiger partial charge < -0.3 is 9.30 Å². The lowest BCUT2D eigenvalue weighted by Gasteiger charge is -2.19. The number of H-pyrrole nitrogens is 1. The number of nitrogens with zero attached hydrogens (tertiary/aromatic N) is 4. The highest BCUT2D eigenvalue weighted by atomic mass is 19.4. The molecule has 8 nitrogen and oxygen atoms in total. The van der Waals surface area contributed by atoms with Crippen molar-refractivity contribution in [2.24, 2.45) is 0 Å². The van der Waals surface area contributed by atoms with Crippen molar-refractivity contribution in [2.75, 3.05) is 0 Å². The molecular weight excluding hydrogens is 577 g/mol. The Balaban J connectivity index is 1.56. The molecule has 0 aliphatic heterocycles. The van der Waals surface area contributed by atoms with Crippen LogP contribution in [-0.2, 0) is 18.9 Å². The summed E-state index contributed by atoms with van der Waals surface area (Å²) in [5.41, 5.74) is -5.98. The van der Waals surface area contributed by atoms with Gasteiger partial charge in [-0.15, -0.1) is 0 Å². The van der Waals surface area contributed by atoms with Gasteiger partial charge in [-0.2, -0.15) is 31.4 Å². The molecule has 0 amide bonds. The highest BCUT2D eigenvalue weighted by molar-refractivity contribution is 5.86. The number of benzene rings is 1. The minimum Gasteiger partial charge on any atom is -0.488 e. The number of fused-ring (bicyclic) bond motifs is 1. The van der Waals surface area contributed by atoms with Crippen molar-refractivity contribution in [2.45, 2.75) is 44.5 Å².